The summed E-state index contributed by atoms with van der Waals surface area (Å²) in [6.45, 7) is 0.858. The number of benzene rings is 1. The zero-order valence-corrected chi connectivity index (χ0v) is 14.2. The Hall–Kier alpha value is -2.02. The molecule has 1 aliphatic heterocycles. The zero-order chi connectivity index (χ0) is 16.2. The van der Waals surface area contributed by atoms with Crippen LogP contribution in [0.15, 0.2) is 41.0 Å². The van der Waals surface area contributed by atoms with Crippen LogP contribution in [-0.4, -0.2) is 24.4 Å². The summed E-state index contributed by atoms with van der Waals surface area (Å²) in [5.41, 5.74) is 1.04. The van der Waals surface area contributed by atoms with Crippen molar-refractivity contribution >= 4 is 47.2 Å². The molecule has 24 heavy (non-hydrogen) atoms. The normalized spacial score (nSPS) is 16.3. The van der Waals surface area contributed by atoms with Crippen molar-refractivity contribution in [2.24, 2.45) is 0 Å². The van der Waals surface area contributed by atoms with E-state index in [2.05, 4.69) is 16.0 Å². The molecule has 0 aliphatic carbocycles. The van der Waals surface area contributed by atoms with Crippen LogP contribution in [0.3, 0.4) is 0 Å². The lowest BCUT2D eigenvalue weighted by Gasteiger charge is -2.12. The summed E-state index contributed by atoms with van der Waals surface area (Å²) >= 11 is 6.17. The molecule has 128 valence electrons. The molecular weight excluding hydrogens is 353 g/mol. The maximum absolute atomic E-state index is 12.0. The number of rotatable bonds is 4. The zero-order valence-electron chi connectivity index (χ0n) is 12.7. The molecule has 6 nitrogen and oxygen atoms in total. The number of halogens is 2. The maximum Gasteiger partial charge on any atom is 0.291 e. The fourth-order valence-corrected chi connectivity index (χ4v) is 2.65. The van der Waals surface area contributed by atoms with E-state index in [1.165, 1.54) is 6.26 Å². The predicted molar refractivity (Wildman–Crippen MR) is 95.0 cm³/mol. The first-order valence-electron chi connectivity index (χ1n) is 7.32. The van der Waals surface area contributed by atoms with Gasteiger partial charge in [0, 0.05) is 5.69 Å². The quantitative estimate of drug-likeness (QED) is 0.771. The second kappa shape index (κ2) is 8.19. The molecule has 1 aromatic heterocycles. The van der Waals surface area contributed by atoms with Gasteiger partial charge in [0.1, 0.15) is 0 Å². The standard InChI is InChI=1S/C16H16ClN3O3.ClH/c17-11-9-10(19-15(21)13-3-1-7-18-13)5-6-12(11)20-16(22)14-4-2-8-23-14;/h2,4-6,8-9,13,18H,1,3,7H2,(H,19,21)(H,20,22);1H. The Kier molecular flexibility index (Phi) is 6.25. The topological polar surface area (TPSA) is 83.4 Å². The van der Waals surface area contributed by atoms with Crippen LogP contribution in [0.1, 0.15) is 23.4 Å². The fourth-order valence-electron chi connectivity index (χ4n) is 2.42. The number of anilines is 2. The smallest absolute Gasteiger partial charge is 0.291 e. The molecule has 3 rings (SSSR count). The van der Waals surface area contributed by atoms with E-state index < -0.39 is 0 Å². The third-order valence-corrected chi connectivity index (χ3v) is 3.92. The molecule has 1 atom stereocenters. The van der Waals surface area contributed by atoms with Gasteiger partial charge in [-0.3, -0.25) is 9.59 Å². The largest absolute Gasteiger partial charge is 0.459 e. The van der Waals surface area contributed by atoms with Gasteiger partial charge >= 0.3 is 0 Å². The molecular formula is C16H17Cl2N3O3. The predicted octanol–water partition coefficient (Wildman–Crippen LogP) is 3.30. The molecule has 1 fully saturated rings. The molecule has 0 radical (unpaired) electrons. The van der Waals surface area contributed by atoms with Crippen LogP contribution >= 0.6 is 24.0 Å². The number of hydrogen-bond acceptors (Lipinski definition) is 4. The van der Waals surface area contributed by atoms with Crippen LogP contribution in [0.5, 0.6) is 0 Å². The lowest BCUT2D eigenvalue weighted by Crippen LogP contribution is -2.35. The molecule has 2 heterocycles. The highest BCUT2D eigenvalue weighted by Gasteiger charge is 2.22. The summed E-state index contributed by atoms with van der Waals surface area (Å²) in [4.78, 5) is 24.0. The molecule has 1 saturated heterocycles. The van der Waals surface area contributed by atoms with Gasteiger partial charge in [-0.05, 0) is 49.7 Å². The monoisotopic (exact) mass is 369 g/mol. The van der Waals surface area contributed by atoms with Crippen molar-refractivity contribution in [3.63, 3.8) is 0 Å². The SMILES string of the molecule is Cl.O=C(Nc1ccc(NC(=O)C2CCCN2)cc1Cl)c1ccco1. The highest BCUT2D eigenvalue weighted by Crippen LogP contribution is 2.26. The number of carbonyl (C=O) groups excluding carboxylic acids is 2. The minimum atomic E-state index is -0.385. The first kappa shape index (κ1) is 18.3. The molecule has 2 aromatic rings. The van der Waals surface area contributed by atoms with Crippen molar-refractivity contribution in [1.29, 1.82) is 0 Å². The average Bonchev–Trinajstić information content (AvgIpc) is 3.23. The molecule has 0 spiro atoms. The number of hydrogen-bond donors (Lipinski definition) is 3. The second-order valence-electron chi connectivity index (χ2n) is 5.26. The summed E-state index contributed by atoms with van der Waals surface area (Å²) in [6, 6.07) is 7.97. The van der Waals surface area contributed by atoms with Crippen molar-refractivity contribution in [3.05, 3.63) is 47.4 Å². The molecule has 1 aliphatic rings. The average molecular weight is 370 g/mol. The molecule has 0 saturated carbocycles. The van der Waals surface area contributed by atoms with Gasteiger partial charge in [-0.25, -0.2) is 0 Å². The van der Waals surface area contributed by atoms with Gasteiger partial charge in [0.25, 0.3) is 5.91 Å². The number of carbonyl (C=O) groups is 2. The van der Waals surface area contributed by atoms with E-state index in [0.29, 0.717) is 16.4 Å². The third-order valence-electron chi connectivity index (χ3n) is 3.61. The van der Waals surface area contributed by atoms with E-state index in [1.54, 1.807) is 30.3 Å². The van der Waals surface area contributed by atoms with Gasteiger partial charge in [0.05, 0.1) is 23.0 Å². The molecule has 3 N–H and O–H groups in total. The minimum Gasteiger partial charge on any atom is -0.459 e. The number of amides is 2. The van der Waals surface area contributed by atoms with Gasteiger partial charge < -0.3 is 20.4 Å². The summed E-state index contributed by atoms with van der Waals surface area (Å²) in [7, 11) is 0. The minimum absolute atomic E-state index is 0. The van der Waals surface area contributed by atoms with Crippen LogP contribution in [0.2, 0.25) is 5.02 Å². The van der Waals surface area contributed by atoms with Gasteiger partial charge in [0.15, 0.2) is 5.76 Å². The first-order valence-corrected chi connectivity index (χ1v) is 7.70. The Morgan fingerprint density at radius 3 is 2.71 bits per heavy atom. The van der Waals surface area contributed by atoms with E-state index in [0.717, 1.165) is 19.4 Å². The summed E-state index contributed by atoms with van der Waals surface area (Å²) in [5, 5.41) is 8.94. The van der Waals surface area contributed by atoms with Crippen LogP contribution < -0.4 is 16.0 Å². The number of nitrogens with one attached hydrogen (secondary N) is 3. The van der Waals surface area contributed by atoms with Crippen LogP contribution in [0.25, 0.3) is 0 Å². The van der Waals surface area contributed by atoms with Crippen LogP contribution in [-0.2, 0) is 4.79 Å². The highest BCUT2D eigenvalue weighted by atomic mass is 35.5. The fraction of sp³-hybridized carbons (Fsp3) is 0.250. The Morgan fingerprint density at radius 2 is 2.08 bits per heavy atom. The third kappa shape index (κ3) is 4.29. The van der Waals surface area contributed by atoms with Gasteiger partial charge in [0.2, 0.25) is 5.91 Å². The molecule has 2 amide bonds. The van der Waals surface area contributed by atoms with Crippen molar-refractivity contribution in [2.75, 3.05) is 17.2 Å². The first-order chi connectivity index (χ1) is 11.1. The maximum atomic E-state index is 12.0. The van der Waals surface area contributed by atoms with E-state index in [4.69, 9.17) is 16.0 Å². The Bertz CT molecular complexity index is 713. The van der Waals surface area contributed by atoms with E-state index in [1.807, 2.05) is 0 Å². The van der Waals surface area contributed by atoms with Crippen LogP contribution in [0, 0.1) is 0 Å². The molecule has 0 bridgehead atoms. The highest BCUT2D eigenvalue weighted by molar-refractivity contribution is 6.34. The molecule has 8 heteroatoms. The van der Waals surface area contributed by atoms with Crippen LogP contribution in [0.4, 0.5) is 11.4 Å². The van der Waals surface area contributed by atoms with Gasteiger partial charge in [-0.2, -0.15) is 0 Å². The molecule has 1 unspecified atom stereocenters. The van der Waals surface area contributed by atoms with E-state index in [9.17, 15) is 9.59 Å². The van der Waals surface area contributed by atoms with E-state index in [-0.39, 0.29) is 36.0 Å². The van der Waals surface area contributed by atoms with E-state index >= 15 is 0 Å². The van der Waals surface area contributed by atoms with Crippen molar-refractivity contribution in [3.8, 4) is 0 Å². The van der Waals surface area contributed by atoms with Crippen molar-refractivity contribution in [2.45, 2.75) is 18.9 Å². The number of furan rings is 1. The summed E-state index contributed by atoms with van der Waals surface area (Å²) in [6.07, 6.45) is 3.25. The Labute approximate surface area is 150 Å². The van der Waals surface area contributed by atoms with Crippen molar-refractivity contribution < 1.29 is 14.0 Å². The molecule has 1 aromatic carbocycles. The Morgan fingerprint density at radius 1 is 1.25 bits per heavy atom. The Balaban J connectivity index is 0.00000208. The second-order valence-corrected chi connectivity index (χ2v) is 5.67. The lowest BCUT2D eigenvalue weighted by atomic mass is 10.2. The summed E-state index contributed by atoms with van der Waals surface area (Å²) in [5.74, 6) is -0.263. The van der Waals surface area contributed by atoms with Crippen molar-refractivity contribution in [1.82, 2.24) is 5.32 Å². The summed E-state index contributed by atoms with van der Waals surface area (Å²) < 4.78 is 5.02. The van der Waals surface area contributed by atoms with Gasteiger partial charge in [-0.1, -0.05) is 11.6 Å². The van der Waals surface area contributed by atoms with Gasteiger partial charge in [-0.15, -0.1) is 12.4 Å². The lowest BCUT2D eigenvalue weighted by molar-refractivity contribution is -0.117.